The van der Waals surface area contributed by atoms with Crippen molar-refractivity contribution in [1.29, 1.82) is 0 Å². The van der Waals surface area contributed by atoms with Crippen LogP contribution in [-0.2, 0) is 13.6 Å². The number of rotatable bonds is 8. The van der Waals surface area contributed by atoms with Crippen LogP contribution in [0.1, 0.15) is 12.0 Å². The van der Waals surface area contributed by atoms with Gasteiger partial charge in [0, 0.05) is 19.3 Å². The van der Waals surface area contributed by atoms with E-state index in [0.29, 0.717) is 0 Å². The summed E-state index contributed by atoms with van der Waals surface area (Å²) in [5.74, 6) is 1.89. The fourth-order valence-electron chi connectivity index (χ4n) is 1.68. The van der Waals surface area contributed by atoms with Crippen LogP contribution in [0.5, 0.6) is 5.75 Å². The summed E-state index contributed by atoms with van der Waals surface area (Å²) in [6.45, 7) is 1.85. The summed E-state index contributed by atoms with van der Waals surface area (Å²) >= 11 is 1.68. The van der Waals surface area contributed by atoms with Gasteiger partial charge in [0.15, 0.2) is 0 Å². The van der Waals surface area contributed by atoms with Gasteiger partial charge >= 0.3 is 0 Å². The van der Waals surface area contributed by atoms with Crippen molar-refractivity contribution in [2.75, 3.05) is 19.4 Å². The van der Waals surface area contributed by atoms with Crippen LogP contribution in [0, 0.1) is 0 Å². The lowest BCUT2D eigenvalue weighted by molar-refractivity contribution is 0.414. The standard InChI is InChI=1S/C13H19N5OS/c1-18-13(15-16-17-18)20-9-3-8-14-10-11-4-6-12(19-2)7-5-11/h4-7,14H,3,8-10H2,1-2H3. The largest absolute Gasteiger partial charge is 0.497 e. The van der Waals surface area contributed by atoms with Gasteiger partial charge in [-0.05, 0) is 41.1 Å². The van der Waals surface area contributed by atoms with E-state index in [0.717, 1.165) is 36.2 Å². The first-order valence-corrected chi connectivity index (χ1v) is 7.47. The van der Waals surface area contributed by atoms with Gasteiger partial charge in [0.2, 0.25) is 5.16 Å². The van der Waals surface area contributed by atoms with Crippen molar-refractivity contribution in [3.63, 3.8) is 0 Å². The molecule has 1 aromatic carbocycles. The molecule has 0 aliphatic rings. The minimum absolute atomic E-state index is 0.861. The molecular formula is C13H19N5OS. The maximum atomic E-state index is 5.13. The van der Waals surface area contributed by atoms with E-state index in [-0.39, 0.29) is 0 Å². The number of hydrogen-bond acceptors (Lipinski definition) is 6. The fraction of sp³-hybridized carbons (Fsp3) is 0.462. The molecule has 0 aliphatic carbocycles. The Bertz CT molecular complexity index is 514. The van der Waals surface area contributed by atoms with Gasteiger partial charge in [0.25, 0.3) is 0 Å². The number of hydrogen-bond donors (Lipinski definition) is 1. The molecule has 7 heteroatoms. The van der Waals surface area contributed by atoms with Gasteiger partial charge in [-0.25, -0.2) is 4.68 Å². The van der Waals surface area contributed by atoms with Crippen LogP contribution in [0.4, 0.5) is 0 Å². The van der Waals surface area contributed by atoms with Crippen molar-refractivity contribution in [3.8, 4) is 5.75 Å². The monoisotopic (exact) mass is 293 g/mol. The molecule has 0 atom stereocenters. The van der Waals surface area contributed by atoms with E-state index in [2.05, 4.69) is 33.0 Å². The lowest BCUT2D eigenvalue weighted by Gasteiger charge is -2.05. The van der Waals surface area contributed by atoms with Gasteiger partial charge in [0.05, 0.1) is 7.11 Å². The Kier molecular flexibility index (Phi) is 5.82. The van der Waals surface area contributed by atoms with Crippen molar-refractivity contribution in [1.82, 2.24) is 25.5 Å². The minimum Gasteiger partial charge on any atom is -0.497 e. The predicted octanol–water partition coefficient (Wildman–Crippen LogP) is 1.49. The molecule has 0 spiro atoms. The van der Waals surface area contributed by atoms with Crippen LogP contribution in [-0.4, -0.2) is 39.6 Å². The van der Waals surface area contributed by atoms with Gasteiger partial charge in [-0.15, -0.1) is 5.10 Å². The number of tetrazole rings is 1. The second-order valence-electron chi connectivity index (χ2n) is 4.31. The lowest BCUT2D eigenvalue weighted by atomic mass is 10.2. The van der Waals surface area contributed by atoms with E-state index in [1.165, 1.54) is 5.56 Å². The number of methoxy groups -OCH3 is 1. The summed E-state index contributed by atoms with van der Waals surface area (Å²) < 4.78 is 6.82. The second kappa shape index (κ2) is 7.86. The number of thioether (sulfide) groups is 1. The van der Waals surface area contributed by atoms with Crippen LogP contribution in [0.3, 0.4) is 0 Å². The Labute approximate surface area is 122 Å². The fourth-order valence-corrected chi connectivity index (χ4v) is 2.47. The number of aryl methyl sites for hydroxylation is 1. The summed E-state index contributed by atoms with van der Waals surface area (Å²) in [7, 11) is 3.53. The zero-order valence-electron chi connectivity index (χ0n) is 11.7. The highest BCUT2D eigenvalue weighted by atomic mass is 32.2. The molecule has 0 saturated heterocycles. The Hall–Kier alpha value is -1.60. The van der Waals surface area contributed by atoms with Gasteiger partial charge in [-0.1, -0.05) is 23.9 Å². The van der Waals surface area contributed by atoms with Gasteiger partial charge in [-0.3, -0.25) is 0 Å². The van der Waals surface area contributed by atoms with Crippen LogP contribution in [0.25, 0.3) is 0 Å². The number of benzene rings is 1. The van der Waals surface area contributed by atoms with E-state index < -0.39 is 0 Å². The van der Waals surface area contributed by atoms with Crippen LogP contribution < -0.4 is 10.1 Å². The Balaban J connectivity index is 1.58. The van der Waals surface area contributed by atoms with Crippen molar-refractivity contribution in [2.45, 2.75) is 18.1 Å². The SMILES string of the molecule is COc1ccc(CNCCCSc2nnnn2C)cc1. The molecule has 0 bridgehead atoms. The van der Waals surface area contributed by atoms with Crippen molar-refractivity contribution >= 4 is 11.8 Å². The smallest absolute Gasteiger partial charge is 0.209 e. The molecule has 1 N–H and O–H groups in total. The Morgan fingerprint density at radius 1 is 1.30 bits per heavy atom. The first kappa shape index (κ1) is 14.8. The lowest BCUT2D eigenvalue weighted by Crippen LogP contribution is -2.15. The van der Waals surface area contributed by atoms with Crippen LogP contribution in [0.2, 0.25) is 0 Å². The van der Waals surface area contributed by atoms with E-state index in [9.17, 15) is 0 Å². The first-order chi connectivity index (χ1) is 9.79. The maximum absolute atomic E-state index is 5.13. The topological polar surface area (TPSA) is 64.9 Å². The average Bonchev–Trinajstić information content (AvgIpc) is 2.89. The van der Waals surface area contributed by atoms with E-state index in [1.54, 1.807) is 23.6 Å². The normalized spacial score (nSPS) is 10.7. The molecule has 0 saturated carbocycles. The van der Waals surface area contributed by atoms with Crippen molar-refractivity contribution in [3.05, 3.63) is 29.8 Å². The Morgan fingerprint density at radius 2 is 2.10 bits per heavy atom. The molecule has 2 aromatic rings. The van der Waals surface area contributed by atoms with Gasteiger partial charge in [0.1, 0.15) is 5.75 Å². The van der Waals surface area contributed by atoms with Crippen molar-refractivity contribution in [2.24, 2.45) is 7.05 Å². The quantitative estimate of drug-likeness (QED) is 0.587. The number of ether oxygens (including phenoxy) is 1. The molecule has 1 aromatic heterocycles. The third-order valence-electron chi connectivity index (χ3n) is 2.80. The third kappa shape index (κ3) is 4.50. The number of nitrogens with one attached hydrogen (secondary N) is 1. The predicted molar refractivity (Wildman–Crippen MR) is 78.8 cm³/mol. The number of nitrogens with zero attached hydrogens (tertiary/aromatic N) is 4. The zero-order chi connectivity index (χ0) is 14.2. The van der Waals surface area contributed by atoms with Gasteiger partial charge < -0.3 is 10.1 Å². The third-order valence-corrected chi connectivity index (χ3v) is 3.90. The number of aromatic nitrogens is 4. The summed E-state index contributed by atoms with van der Waals surface area (Å²) in [6, 6.07) is 8.11. The van der Waals surface area contributed by atoms with Gasteiger partial charge in [-0.2, -0.15) is 0 Å². The first-order valence-electron chi connectivity index (χ1n) is 6.48. The van der Waals surface area contributed by atoms with Crippen LogP contribution >= 0.6 is 11.8 Å². The second-order valence-corrected chi connectivity index (χ2v) is 5.37. The van der Waals surface area contributed by atoms with Crippen LogP contribution in [0.15, 0.2) is 29.4 Å². The molecule has 20 heavy (non-hydrogen) atoms. The molecule has 6 nitrogen and oxygen atoms in total. The molecule has 2 rings (SSSR count). The highest BCUT2D eigenvalue weighted by molar-refractivity contribution is 7.99. The Morgan fingerprint density at radius 3 is 2.75 bits per heavy atom. The zero-order valence-corrected chi connectivity index (χ0v) is 12.6. The van der Waals surface area contributed by atoms with E-state index in [4.69, 9.17) is 4.74 Å². The maximum Gasteiger partial charge on any atom is 0.209 e. The summed E-state index contributed by atoms with van der Waals surface area (Å²) in [5, 5.41) is 15.6. The highest BCUT2D eigenvalue weighted by Crippen LogP contribution is 2.13. The molecule has 0 amide bonds. The molecule has 0 fully saturated rings. The average molecular weight is 293 g/mol. The highest BCUT2D eigenvalue weighted by Gasteiger charge is 2.01. The molecule has 0 aliphatic heterocycles. The molecule has 108 valence electrons. The van der Waals surface area contributed by atoms with E-state index in [1.807, 2.05) is 19.2 Å². The summed E-state index contributed by atoms with van der Waals surface area (Å²) in [5.41, 5.74) is 1.26. The molecule has 0 radical (unpaired) electrons. The molecule has 1 heterocycles. The molecular weight excluding hydrogens is 274 g/mol. The summed E-state index contributed by atoms with van der Waals surface area (Å²) in [6.07, 6.45) is 1.08. The van der Waals surface area contributed by atoms with Crippen molar-refractivity contribution < 1.29 is 4.74 Å². The molecule has 0 unspecified atom stereocenters. The minimum atomic E-state index is 0.861. The summed E-state index contributed by atoms with van der Waals surface area (Å²) in [4.78, 5) is 0. The van der Waals surface area contributed by atoms with E-state index >= 15 is 0 Å².